The third-order valence-electron chi connectivity index (χ3n) is 5.84. The molecule has 1 saturated heterocycles. The SMILES string of the molecule is CS(=O)(=O)N1Cc2c(-c3ccccc3)nnn2C2CN(Cc3ccccc3)CC21. The Labute approximate surface area is 170 Å². The first-order valence-electron chi connectivity index (χ1n) is 9.73. The van der Waals surface area contributed by atoms with E-state index < -0.39 is 10.0 Å². The Hall–Kier alpha value is -2.55. The number of fused-ring (bicyclic) bond motifs is 3. The standard InChI is InChI=1S/C21H23N5O2S/c1-29(27,28)25-15-20-21(17-10-6-3-7-11-17)22-23-26(20)19-14-24(13-18(19)25)12-16-8-4-2-5-9-16/h2-11,18-19H,12-15H2,1H3. The van der Waals surface area contributed by atoms with Gasteiger partial charge in [-0.3, -0.25) is 4.90 Å². The van der Waals surface area contributed by atoms with Gasteiger partial charge in [0, 0.05) is 25.2 Å². The summed E-state index contributed by atoms with van der Waals surface area (Å²) in [5.41, 5.74) is 3.81. The van der Waals surface area contributed by atoms with Crippen LogP contribution in [0.2, 0.25) is 0 Å². The summed E-state index contributed by atoms with van der Waals surface area (Å²) in [7, 11) is -3.36. The van der Waals surface area contributed by atoms with E-state index in [0.29, 0.717) is 13.1 Å². The average Bonchev–Trinajstić information content (AvgIpc) is 3.31. The summed E-state index contributed by atoms with van der Waals surface area (Å²) in [5.74, 6) is 0. The van der Waals surface area contributed by atoms with Crippen molar-refractivity contribution in [1.82, 2.24) is 24.2 Å². The highest BCUT2D eigenvalue weighted by Gasteiger charge is 2.46. The molecule has 7 nitrogen and oxygen atoms in total. The highest BCUT2D eigenvalue weighted by Crippen LogP contribution is 2.37. The third kappa shape index (κ3) is 3.37. The molecule has 0 amide bonds. The van der Waals surface area contributed by atoms with Crippen LogP contribution in [0.1, 0.15) is 17.3 Å². The first-order chi connectivity index (χ1) is 14.0. The number of nitrogens with zero attached hydrogens (tertiary/aromatic N) is 5. The van der Waals surface area contributed by atoms with Crippen LogP contribution in [0.5, 0.6) is 0 Å². The van der Waals surface area contributed by atoms with Crippen LogP contribution in [0.4, 0.5) is 0 Å². The van der Waals surface area contributed by atoms with Crippen molar-refractivity contribution in [3.05, 3.63) is 71.9 Å². The molecular weight excluding hydrogens is 386 g/mol. The molecule has 3 aromatic rings. The minimum absolute atomic E-state index is 0.0397. The minimum Gasteiger partial charge on any atom is -0.295 e. The lowest BCUT2D eigenvalue weighted by atomic mass is 10.1. The van der Waals surface area contributed by atoms with E-state index in [-0.39, 0.29) is 12.1 Å². The van der Waals surface area contributed by atoms with Crippen molar-refractivity contribution < 1.29 is 8.42 Å². The van der Waals surface area contributed by atoms with Gasteiger partial charge in [0.05, 0.1) is 30.6 Å². The van der Waals surface area contributed by atoms with E-state index in [0.717, 1.165) is 30.0 Å². The number of aromatic nitrogens is 3. The zero-order chi connectivity index (χ0) is 20.0. The van der Waals surface area contributed by atoms with E-state index in [2.05, 4.69) is 27.3 Å². The third-order valence-corrected chi connectivity index (χ3v) is 7.09. The fourth-order valence-electron chi connectivity index (χ4n) is 4.52. The number of hydrogen-bond donors (Lipinski definition) is 0. The molecule has 29 heavy (non-hydrogen) atoms. The first-order valence-corrected chi connectivity index (χ1v) is 11.6. The minimum atomic E-state index is -3.36. The van der Waals surface area contributed by atoms with Crippen LogP contribution in [-0.4, -0.2) is 58.0 Å². The molecule has 2 aliphatic rings. The number of likely N-dealkylation sites (tertiary alicyclic amines) is 1. The maximum absolute atomic E-state index is 12.6. The second-order valence-corrected chi connectivity index (χ2v) is 9.75. The average molecular weight is 410 g/mol. The summed E-state index contributed by atoms with van der Waals surface area (Å²) >= 11 is 0. The lowest BCUT2D eigenvalue weighted by Gasteiger charge is -2.35. The number of sulfonamides is 1. The van der Waals surface area contributed by atoms with Crippen LogP contribution < -0.4 is 0 Å². The molecule has 5 rings (SSSR count). The second kappa shape index (κ2) is 7.05. The van der Waals surface area contributed by atoms with Crippen LogP contribution >= 0.6 is 0 Å². The van der Waals surface area contributed by atoms with Gasteiger partial charge in [-0.2, -0.15) is 4.31 Å². The Bertz CT molecular complexity index is 1110. The van der Waals surface area contributed by atoms with Crippen LogP contribution in [0, 0.1) is 0 Å². The molecule has 1 aromatic heterocycles. The van der Waals surface area contributed by atoms with Crippen LogP contribution in [0.25, 0.3) is 11.3 Å². The second-order valence-electron chi connectivity index (χ2n) is 7.82. The molecule has 0 radical (unpaired) electrons. The van der Waals surface area contributed by atoms with Gasteiger partial charge in [-0.1, -0.05) is 65.9 Å². The summed E-state index contributed by atoms with van der Waals surface area (Å²) in [6.45, 7) is 2.53. The summed E-state index contributed by atoms with van der Waals surface area (Å²) < 4.78 is 28.9. The first kappa shape index (κ1) is 18.5. The molecule has 1 fully saturated rings. The maximum atomic E-state index is 12.6. The highest BCUT2D eigenvalue weighted by molar-refractivity contribution is 7.88. The predicted molar refractivity (Wildman–Crippen MR) is 110 cm³/mol. The molecule has 0 bridgehead atoms. The Morgan fingerprint density at radius 1 is 0.966 bits per heavy atom. The fraction of sp³-hybridized carbons (Fsp3) is 0.333. The van der Waals surface area contributed by atoms with Crippen LogP contribution in [0.15, 0.2) is 60.7 Å². The number of hydrogen-bond acceptors (Lipinski definition) is 5. The molecular formula is C21H23N5O2S. The number of rotatable bonds is 4. The molecule has 0 aliphatic carbocycles. The monoisotopic (exact) mass is 409 g/mol. The van der Waals surface area contributed by atoms with Crippen molar-refractivity contribution in [1.29, 1.82) is 0 Å². The summed E-state index contributed by atoms with van der Waals surface area (Å²) in [6.07, 6.45) is 1.30. The van der Waals surface area contributed by atoms with E-state index in [1.54, 1.807) is 4.31 Å². The van der Waals surface area contributed by atoms with Gasteiger partial charge >= 0.3 is 0 Å². The van der Waals surface area contributed by atoms with Gasteiger partial charge in [0.2, 0.25) is 10.0 Å². The lowest BCUT2D eigenvalue weighted by Crippen LogP contribution is -2.48. The molecule has 2 unspecified atom stereocenters. The van der Waals surface area contributed by atoms with Gasteiger partial charge in [0.25, 0.3) is 0 Å². The fourth-order valence-corrected chi connectivity index (χ4v) is 5.57. The smallest absolute Gasteiger partial charge is 0.211 e. The van der Waals surface area contributed by atoms with Crippen LogP contribution in [-0.2, 0) is 23.1 Å². The predicted octanol–water partition coefficient (Wildman–Crippen LogP) is 2.15. The van der Waals surface area contributed by atoms with Gasteiger partial charge in [0.15, 0.2) is 0 Å². The Morgan fingerprint density at radius 2 is 1.62 bits per heavy atom. The maximum Gasteiger partial charge on any atom is 0.211 e. The Balaban J connectivity index is 1.51. The molecule has 2 aromatic carbocycles. The molecule has 150 valence electrons. The Kier molecular flexibility index (Phi) is 4.49. The molecule has 0 saturated carbocycles. The van der Waals surface area contributed by atoms with Crippen molar-refractivity contribution in [2.24, 2.45) is 0 Å². The van der Waals surface area contributed by atoms with Crippen molar-refractivity contribution in [2.45, 2.75) is 25.2 Å². The van der Waals surface area contributed by atoms with Gasteiger partial charge < -0.3 is 0 Å². The summed E-state index contributed by atoms with van der Waals surface area (Å²) in [5, 5.41) is 8.88. The van der Waals surface area contributed by atoms with Crippen molar-refractivity contribution in [2.75, 3.05) is 19.3 Å². The van der Waals surface area contributed by atoms with Gasteiger partial charge in [-0.15, -0.1) is 5.10 Å². The van der Waals surface area contributed by atoms with Gasteiger partial charge in [-0.05, 0) is 5.56 Å². The highest BCUT2D eigenvalue weighted by atomic mass is 32.2. The van der Waals surface area contributed by atoms with E-state index in [9.17, 15) is 8.42 Å². The molecule has 3 heterocycles. The molecule has 0 spiro atoms. The molecule has 8 heteroatoms. The van der Waals surface area contributed by atoms with Crippen molar-refractivity contribution in [3.8, 4) is 11.3 Å². The molecule has 2 aliphatic heterocycles. The molecule has 0 N–H and O–H groups in total. The van der Waals surface area contributed by atoms with E-state index in [4.69, 9.17) is 0 Å². The number of benzene rings is 2. The normalized spacial score (nSPS) is 22.4. The van der Waals surface area contributed by atoms with Crippen LogP contribution in [0.3, 0.4) is 0 Å². The van der Waals surface area contributed by atoms with Crippen molar-refractivity contribution in [3.63, 3.8) is 0 Å². The zero-order valence-corrected chi connectivity index (χ0v) is 17.0. The zero-order valence-electron chi connectivity index (χ0n) is 16.2. The van der Waals surface area contributed by atoms with Gasteiger partial charge in [0.1, 0.15) is 5.69 Å². The van der Waals surface area contributed by atoms with Gasteiger partial charge in [-0.25, -0.2) is 13.1 Å². The Morgan fingerprint density at radius 3 is 2.31 bits per heavy atom. The van der Waals surface area contributed by atoms with E-state index in [1.807, 2.05) is 53.2 Å². The quantitative estimate of drug-likeness (QED) is 0.660. The summed E-state index contributed by atoms with van der Waals surface area (Å²) in [4.78, 5) is 2.31. The van der Waals surface area contributed by atoms with Crippen molar-refractivity contribution >= 4 is 10.0 Å². The van der Waals surface area contributed by atoms with E-state index in [1.165, 1.54) is 11.8 Å². The van der Waals surface area contributed by atoms with E-state index >= 15 is 0 Å². The summed E-state index contributed by atoms with van der Waals surface area (Å²) in [6, 6.07) is 19.9. The topological polar surface area (TPSA) is 71.3 Å². The molecule has 2 atom stereocenters. The lowest BCUT2D eigenvalue weighted by molar-refractivity contribution is 0.216. The largest absolute Gasteiger partial charge is 0.295 e.